The molecule has 198 valence electrons. The van der Waals surface area contributed by atoms with Crippen molar-refractivity contribution >= 4 is 40.2 Å². The molecule has 0 saturated carbocycles. The van der Waals surface area contributed by atoms with Gasteiger partial charge in [-0.3, -0.25) is 20.0 Å². The van der Waals surface area contributed by atoms with Crippen LogP contribution in [0, 0.1) is 5.41 Å². The first-order valence-corrected chi connectivity index (χ1v) is 13.8. The van der Waals surface area contributed by atoms with E-state index in [4.69, 9.17) is 16.3 Å². The van der Waals surface area contributed by atoms with Crippen molar-refractivity contribution in [2.45, 2.75) is 43.2 Å². The number of nitrogens with one attached hydrogen (secondary N) is 1. The molecule has 0 aliphatic carbocycles. The number of piperidine rings is 1. The third kappa shape index (κ3) is 6.71. The maximum absolute atomic E-state index is 15.7. The predicted octanol–water partition coefficient (Wildman–Crippen LogP) is 5.85. The van der Waals surface area contributed by atoms with Crippen LogP contribution in [0.1, 0.15) is 43.8 Å². The third-order valence-electron chi connectivity index (χ3n) is 7.19. The molecular formula is C27H32ClFN4O3S. The standard InChI is InChI=1S/C27H32ClFN4O3S/c1-36-19-3-4-24-21(17-19)25(22(28)18-31-24)23(29)5-8-27(26(34)32-35)9-14-33(15-10-27)13-2-16-37-20-6-11-30-12-7-20/h3-4,6-7,11-12,17-18,23,35H,2,5,8-10,13-16H2,1H3,(H,32,34)/t23-/m1/s1. The van der Waals surface area contributed by atoms with Gasteiger partial charge in [0.25, 0.3) is 0 Å². The van der Waals surface area contributed by atoms with Crippen molar-refractivity contribution in [3.8, 4) is 5.75 Å². The Morgan fingerprint density at radius 1 is 1.30 bits per heavy atom. The Labute approximate surface area is 225 Å². The van der Waals surface area contributed by atoms with Gasteiger partial charge in [0.1, 0.15) is 11.9 Å². The van der Waals surface area contributed by atoms with Crippen molar-refractivity contribution in [2.24, 2.45) is 5.41 Å². The lowest BCUT2D eigenvalue weighted by Crippen LogP contribution is -2.48. The van der Waals surface area contributed by atoms with E-state index < -0.39 is 17.5 Å². The molecule has 1 aliphatic rings. The van der Waals surface area contributed by atoms with Crippen LogP contribution in [0.4, 0.5) is 4.39 Å². The first-order valence-electron chi connectivity index (χ1n) is 12.4. The summed E-state index contributed by atoms with van der Waals surface area (Å²) >= 11 is 8.19. The van der Waals surface area contributed by atoms with E-state index in [-0.39, 0.29) is 11.4 Å². The molecule has 10 heteroatoms. The summed E-state index contributed by atoms with van der Waals surface area (Å²) in [5.41, 5.74) is 2.00. The fourth-order valence-electron chi connectivity index (χ4n) is 4.99. The highest BCUT2D eigenvalue weighted by molar-refractivity contribution is 7.99. The number of nitrogens with zero attached hydrogens (tertiary/aromatic N) is 3. The Hall–Kier alpha value is -2.46. The second kappa shape index (κ2) is 12.9. The molecule has 3 aromatic rings. The Morgan fingerprint density at radius 2 is 2.05 bits per heavy atom. The first-order chi connectivity index (χ1) is 18.0. The van der Waals surface area contributed by atoms with Crippen molar-refractivity contribution in [2.75, 3.05) is 32.5 Å². The summed E-state index contributed by atoms with van der Waals surface area (Å²) in [5.74, 6) is 1.14. The summed E-state index contributed by atoms with van der Waals surface area (Å²) in [6.07, 6.45) is 6.20. The molecule has 2 N–H and O–H groups in total. The molecular weight excluding hydrogens is 515 g/mol. The molecule has 0 spiro atoms. The van der Waals surface area contributed by atoms with Crippen LogP contribution in [0.5, 0.6) is 5.75 Å². The quantitative estimate of drug-likeness (QED) is 0.135. The summed E-state index contributed by atoms with van der Waals surface area (Å²) in [4.78, 5) is 24.6. The number of carbonyl (C=O) groups excluding carboxylic acids is 1. The number of alkyl halides is 1. The topological polar surface area (TPSA) is 87.6 Å². The van der Waals surface area contributed by atoms with Gasteiger partial charge in [0, 0.05) is 34.4 Å². The minimum atomic E-state index is -1.39. The van der Waals surface area contributed by atoms with Crippen molar-refractivity contribution in [3.05, 3.63) is 59.5 Å². The second-order valence-electron chi connectivity index (χ2n) is 9.36. The van der Waals surface area contributed by atoms with E-state index in [0.29, 0.717) is 41.5 Å². The Bertz CT molecular complexity index is 1190. The van der Waals surface area contributed by atoms with Gasteiger partial charge in [-0.05, 0) is 87.8 Å². The van der Waals surface area contributed by atoms with Crippen molar-refractivity contribution in [1.82, 2.24) is 20.3 Å². The Morgan fingerprint density at radius 3 is 2.76 bits per heavy atom. The van der Waals surface area contributed by atoms with Crippen LogP contribution in [0.25, 0.3) is 10.9 Å². The molecule has 1 aromatic carbocycles. The maximum atomic E-state index is 15.7. The Balaban J connectivity index is 1.36. The van der Waals surface area contributed by atoms with E-state index in [2.05, 4.69) is 14.9 Å². The van der Waals surface area contributed by atoms with E-state index in [1.54, 1.807) is 49.5 Å². The van der Waals surface area contributed by atoms with Crippen LogP contribution in [0.15, 0.2) is 53.8 Å². The van der Waals surface area contributed by atoms with E-state index in [1.807, 2.05) is 17.6 Å². The third-order valence-corrected chi connectivity index (χ3v) is 8.59. The number of pyridine rings is 2. The van der Waals surface area contributed by atoms with Crippen LogP contribution >= 0.6 is 23.4 Å². The number of carbonyl (C=O) groups is 1. The van der Waals surface area contributed by atoms with Gasteiger partial charge in [0.05, 0.1) is 23.1 Å². The number of likely N-dealkylation sites (tertiary alicyclic amines) is 1. The molecule has 1 aliphatic heterocycles. The zero-order chi connectivity index (χ0) is 26.3. The number of methoxy groups -OCH3 is 1. The number of amides is 1. The molecule has 7 nitrogen and oxygen atoms in total. The zero-order valence-corrected chi connectivity index (χ0v) is 22.4. The molecule has 1 fully saturated rings. The minimum absolute atomic E-state index is 0.103. The summed E-state index contributed by atoms with van der Waals surface area (Å²) in [7, 11) is 1.55. The van der Waals surface area contributed by atoms with E-state index in [1.165, 1.54) is 11.1 Å². The summed E-state index contributed by atoms with van der Waals surface area (Å²) in [6, 6.07) is 9.28. The van der Waals surface area contributed by atoms with Gasteiger partial charge in [-0.15, -0.1) is 11.8 Å². The molecule has 2 aromatic heterocycles. The van der Waals surface area contributed by atoms with Crippen molar-refractivity contribution in [3.63, 3.8) is 0 Å². The number of thioether (sulfide) groups is 1. The number of hydrogen-bond donors (Lipinski definition) is 2. The lowest BCUT2D eigenvalue weighted by atomic mass is 9.73. The van der Waals surface area contributed by atoms with Crippen molar-refractivity contribution < 1.29 is 19.1 Å². The molecule has 0 radical (unpaired) electrons. The molecule has 1 saturated heterocycles. The van der Waals surface area contributed by atoms with Gasteiger partial charge >= 0.3 is 0 Å². The number of halogens is 2. The van der Waals surface area contributed by atoms with Crippen LogP contribution in [0.2, 0.25) is 5.02 Å². The minimum Gasteiger partial charge on any atom is -0.497 e. The summed E-state index contributed by atoms with van der Waals surface area (Å²) < 4.78 is 21.0. The number of ether oxygens (including phenoxy) is 1. The largest absolute Gasteiger partial charge is 0.497 e. The molecule has 1 atom stereocenters. The number of benzene rings is 1. The van der Waals surface area contributed by atoms with Crippen LogP contribution in [-0.2, 0) is 4.79 Å². The van der Waals surface area contributed by atoms with Gasteiger partial charge < -0.3 is 9.64 Å². The van der Waals surface area contributed by atoms with E-state index in [0.717, 1.165) is 31.8 Å². The zero-order valence-electron chi connectivity index (χ0n) is 20.8. The summed E-state index contributed by atoms with van der Waals surface area (Å²) in [6.45, 7) is 2.38. The summed E-state index contributed by atoms with van der Waals surface area (Å²) in [5, 5.41) is 10.3. The van der Waals surface area contributed by atoms with Gasteiger partial charge in [-0.1, -0.05) is 11.6 Å². The fraction of sp³-hybridized carbons (Fsp3) is 0.444. The fourth-order valence-corrected chi connectivity index (χ4v) is 6.08. The number of hydroxylamine groups is 1. The number of rotatable bonds is 11. The van der Waals surface area contributed by atoms with Gasteiger partial charge in [-0.25, -0.2) is 9.87 Å². The van der Waals surface area contributed by atoms with Gasteiger partial charge in [0.2, 0.25) is 5.91 Å². The van der Waals surface area contributed by atoms with Crippen LogP contribution in [-0.4, -0.2) is 58.5 Å². The first kappa shape index (κ1) is 27.6. The molecule has 0 bridgehead atoms. The molecule has 3 heterocycles. The molecule has 4 rings (SSSR count). The normalized spacial score (nSPS) is 16.4. The lowest BCUT2D eigenvalue weighted by molar-refractivity contribution is -0.143. The number of hydrogen-bond acceptors (Lipinski definition) is 7. The van der Waals surface area contributed by atoms with Crippen LogP contribution < -0.4 is 10.2 Å². The SMILES string of the molecule is COc1ccc2ncc(Cl)c([C@H](F)CCC3(C(=O)NO)CCN(CCCSc4ccncc4)CC3)c2c1. The smallest absolute Gasteiger partial charge is 0.249 e. The highest BCUT2D eigenvalue weighted by Gasteiger charge is 2.41. The second-order valence-corrected chi connectivity index (χ2v) is 10.9. The van der Waals surface area contributed by atoms with Gasteiger partial charge in [0.15, 0.2) is 0 Å². The van der Waals surface area contributed by atoms with E-state index >= 15 is 4.39 Å². The highest BCUT2D eigenvalue weighted by Crippen LogP contribution is 2.42. The van der Waals surface area contributed by atoms with Crippen molar-refractivity contribution in [1.29, 1.82) is 0 Å². The average molecular weight is 547 g/mol. The highest BCUT2D eigenvalue weighted by atomic mass is 35.5. The monoisotopic (exact) mass is 546 g/mol. The van der Waals surface area contributed by atoms with Gasteiger partial charge in [-0.2, -0.15) is 0 Å². The predicted molar refractivity (Wildman–Crippen MR) is 144 cm³/mol. The average Bonchev–Trinajstić information content (AvgIpc) is 2.94. The van der Waals surface area contributed by atoms with E-state index in [9.17, 15) is 10.0 Å². The lowest BCUT2D eigenvalue weighted by Gasteiger charge is -2.40. The maximum Gasteiger partial charge on any atom is 0.249 e. The Kier molecular flexibility index (Phi) is 9.59. The molecule has 1 amide bonds. The molecule has 37 heavy (non-hydrogen) atoms. The van der Waals surface area contributed by atoms with Crippen LogP contribution in [0.3, 0.4) is 0 Å². The number of aromatic nitrogens is 2. The molecule has 0 unspecified atom stereocenters. The number of fused-ring (bicyclic) bond motifs is 1.